The first-order valence-electron chi connectivity index (χ1n) is 6.69. The summed E-state index contributed by atoms with van der Waals surface area (Å²) in [5.41, 5.74) is 5.90. The summed E-state index contributed by atoms with van der Waals surface area (Å²) in [7, 11) is 1.61. The molecule has 5 nitrogen and oxygen atoms in total. The molecule has 0 saturated heterocycles. The minimum absolute atomic E-state index is 0.0541. The molecule has 1 aromatic rings. The molecular weight excluding hydrogens is 230 g/mol. The molecule has 1 fully saturated rings. The summed E-state index contributed by atoms with van der Waals surface area (Å²) in [4.78, 5) is 0. The normalized spacial score (nSPS) is 28.3. The summed E-state index contributed by atoms with van der Waals surface area (Å²) in [6, 6.07) is 0.0541. The molecule has 1 aliphatic carbocycles. The van der Waals surface area contributed by atoms with Gasteiger partial charge < -0.3 is 15.6 Å². The monoisotopic (exact) mass is 253 g/mol. The zero-order chi connectivity index (χ0) is 13.2. The number of hydrogen-bond acceptors (Lipinski definition) is 4. The Morgan fingerprint density at radius 2 is 2.44 bits per heavy atom. The smallest absolute Gasteiger partial charge is 0.162 e. The second-order valence-corrected chi connectivity index (χ2v) is 5.17. The fraction of sp³-hybridized carbons (Fsp3) is 0.769. The summed E-state index contributed by atoms with van der Waals surface area (Å²) in [6.45, 7) is 2.88. The Kier molecular flexibility index (Phi) is 3.92. The van der Waals surface area contributed by atoms with Crippen LogP contribution < -0.4 is 10.5 Å². The lowest BCUT2D eigenvalue weighted by atomic mass is 9.79. The fourth-order valence-corrected chi connectivity index (χ4v) is 2.88. The average Bonchev–Trinajstić information content (AvgIpc) is 2.73. The Morgan fingerprint density at radius 1 is 1.67 bits per heavy atom. The largest absolute Gasteiger partial charge is 0.493 e. The molecule has 5 heteroatoms. The lowest BCUT2D eigenvalue weighted by Gasteiger charge is -2.36. The molecule has 0 aliphatic heterocycles. The number of aromatic nitrogens is 2. The summed E-state index contributed by atoms with van der Waals surface area (Å²) >= 11 is 0. The molecule has 0 bridgehead atoms. The highest BCUT2D eigenvalue weighted by Gasteiger charge is 2.39. The maximum atomic E-state index is 10.9. The van der Waals surface area contributed by atoms with Crippen LogP contribution in [0.5, 0.6) is 5.75 Å². The maximum absolute atomic E-state index is 10.9. The molecule has 3 N–H and O–H groups in total. The summed E-state index contributed by atoms with van der Waals surface area (Å²) in [6.07, 6.45) is 5.89. The topological polar surface area (TPSA) is 73.3 Å². The third-order valence-electron chi connectivity index (χ3n) is 3.67. The van der Waals surface area contributed by atoms with E-state index in [2.05, 4.69) is 12.0 Å². The van der Waals surface area contributed by atoms with Gasteiger partial charge in [-0.2, -0.15) is 5.10 Å². The Balaban J connectivity index is 2.37. The van der Waals surface area contributed by atoms with Crippen molar-refractivity contribution in [2.24, 2.45) is 5.73 Å². The van der Waals surface area contributed by atoms with Gasteiger partial charge in [0.05, 0.1) is 13.3 Å². The van der Waals surface area contributed by atoms with Crippen molar-refractivity contribution in [3.63, 3.8) is 0 Å². The van der Waals surface area contributed by atoms with E-state index in [0.29, 0.717) is 12.2 Å². The predicted octanol–water partition coefficient (Wildman–Crippen LogP) is 1.39. The molecule has 2 rings (SSSR count). The number of methoxy groups -OCH3 is 1. The van der Waals surface area contributed by atoms with Gasteiger partial charge in [0, 0.05) is 12.6 Å². The van der Waals surface area contributed by atoms with Crippen LogP contribution in [0, 0.1) is 0 Å². The van der Waals surface area contributed by atoms with E-state index < -0.39 is 5.60 Å². The van der Waals surface area contributed by atoms with Crippen LogP contribution >= 0.6 is 0 Å². The van der Waals surface area contributed by atoms with E-state index in [-0.39, 0.29) is 6.04 Å². The molecule has 1 saturated carbocycles. The minimum Gasteiger partial charge on any atom is -0.493 e. The molecule has 2 atom stereocenters. The summed E-state index contributed by atoms with van der Waals surface area (Å²) in [5, 5.41) is 15.2. The molecule has 18 heavy (non-hydrogen) atoms. The first-order chi connectivity index (χ1) is 8.60. The van der Waals surface area contributed by atoms with Crippen molar-refractivity contribution >= 4 is 0 Å². The van der Waals surface area contributed by atoms with E-state index in [1.807, 2.05) is 4.68 Å². The lowest BCUT2D eigenvalue weighted by Crippen LogP contribution is -2.40. The SMILES string of the molecule is CCCn1ncc(OC)c1C1(O)CCCC(N)C1. The number of aryl methyl sites for hydroxylation is 1. The number of ether oxygens (including phenoxy) is 1. The van der Waals surface area contributed by atoms with Gasteiger partial charge in [-0.05, 0) is 32.1 Å². The van der Waals surface area contributed by atoms with Gasteiger partial charge in [0.1, 0.15) is 11.3 Å². The standard InChI is InChI=1S/C13H23N3O2/c1-3-7-16-12(11(18-2)9-15-16)13(17)6-4-5-10(14)8-13/h9-10,17H,3-8,14H2,1-2H3. The molecule has 1 heterocycles. The Bertz CT molecular complexity index is 405. The minimum atomic E-state index is -0.894. The molecule has 0 spiro atoms. The van der Waals surface area contributed by atoms with Crippen molar-refractivity contribution < 1.29 is 9.84 Å². The van der Waals surface area contributed by atoms with Crippen molar-refractivity contribution in [3.05, 3.63) is 11.9 Å². The number of nitrogens with two attached hydrogens (primary N) is 1. The van der Waals surface area contributed by atoms with E-state index in [9.17, 15) is 5.11 Å². The Hall–Kier alpha value is -1.07. The van der Waals surface area contributed by atoms with Crippen molar-refractivity contribution in [2.45, 2.75) is 57.2 Å². The molecule has 1 aliphatic rings. The van der Waals surface area contributed by atoms with Gasteiger partial charge in [0.15, 0.2) is 5.75 Å². The molecule has 2 unspecified atom stereocenters. The fourth-order valence-electron chi connectivity index (χ4n) is 2.88. The molecule has 0 amide bonds. The van der Waals surface area contributed by atoms with E-state index in [0.717, 1.165) is 37.9 Å². The van der Waals surface area contributed by atoms with Crippen LogP contribution in [-0.4, -0.2) is 28.0 Å². The highest BCUT2D eigenvalue weighted by Crippen LogP contribution is 2.40. The second-order valence-electron chi connectivity index (χ2n) is 5.17. The van der Waals surface area contributed by atoms with E-state index in [1.54, 1.807) is 13.3 Å². The van der Waals surface area contributed by atoms with E-state index >= 15 is 0 Å². The highest BCUT2D eigenvalue weighted by atomic mass is 16.5. The third-order valence-corrected chi connectivity index (χ3v) is 3.67. The second kappa shape index (κ2) is 5.28. The predicted molar refractivity (Wildman–Crippen MR) is 69.4 cm³/mol. The van der Waals surface area contributed by atoms with Crippen LogP contribution in [0.1, 0.15) is 44.7 Å². The molecular formula is C13H23N3O2. The van der Waals surface area contributed by atoms with Crippen LogP contribution in [-0.2, 0) is 12.1 Å². The Morgan fingerprint density at radius 3 is 3.06 bits per heavy atom. The van der Waals surface area contributed by atoms with Gasteiger partial charge >= 0.3 is 0 Å². The van der Waals surface area contributed by atoms with Crippen molar-refractivity contribution in [1.82, 2.24) is 9.78 Å². The van der Waals surface area contributed by atoms with Crippen molar-refractivity contribution in [3.8, 4) is 5.75 Å². The van der Waals surface area contributed by atoms with Crippen molar-refractivity contribution in [1.29, 1.82) is 0 Å². The van der Waals surface area contributed by atoms with Crippen LogP contribution in [0.15, 0.2) is 6.20 Å². The lowest BCUT2D eigenvalue weighted by molar-refractivity contribution is -0.0169. The molecule has 1 aromatic heterocycles. The molecule has 0 radical (unpaired) electrons. The quantitative estimate of drug-likeness (QED) is 0.850. The Labute approximate surface area is 108 Å². The first kappa shape index (κ1) is 13.4. The third kappa shape index (κ3) is 2.37. The van der Waals surface area contributed by atoms with Gasteiger partial charge in [0.25, 0.3) is 0 Å². The van der Waals surface area contributed by atoms with Gasteiger partial charge in [-0.3, -0.25) is 4.68 Å². The van der Waals surface area contributed by atoms with E-state index in [4.69, 9.17) is 10.5 Å². The van der Waals surface area contributed by atoms with Gasteiger partial charge in [-0.1, -0.05) is 6.92 Å². The number of nitrogens with zero attached hydrogens (tertiary/aromatic N) is 2. The summed E-state index contributed by atoms with van der Waals surface area (Å²) in [5.74, 6) is 0.667. The number of hydrogen-bond donors (Lipinski definition) is 2. The number of rotatable bonds is 4. The van der Waals surface area contributed by atoms with E-state index in [1.165, 1.54) is 0 Å². The first-order valence-corrected chi connectivity index (χ1v) is 6.69. The highest BCUT2D eigenvalue weighted by molar-refractivity contribution is 5.31. The van der Waals surface area contributed by atoms with Gasteiger partial charge in [0.2, 0.25) is 0 Å². The van der Waals surface area contributed by atoms with Crippen LogP contribution in [0.2, 0.25) is 0 Å². The average molecular weight is 253 g/mol. The summed E-state index contributed by atoms with van der Waals surface area (Å²) < 4.78 is 7.20. The maximum Gasteiger partial charge on any atom is 0.162 e. The van der Waals surface area contributed by atoms with Crippen LogP contribution in [0.3, 0.4) is 0 Å². The zero-order valence-electron chi connectivity index (χ0n) is 11.2. The number of aliphatic hydroxyl groups is 1. The molecule has 0 aromatic carbocycles. The molecule has 102 valence electrons. The van der Waals surface area contributed by atoms with Gasteiger partial charge in [-0.15, -0.1) is 0 Å². The van der Waals surface area contributed by atoms with Crippen LogP contribution in [0.25, 0.3) is 0 Å². The van der Waals surface area contributed by atoms with Crippen LogP contribution in [0.4, 0.5) is 0 Å². The zero-order valence-corrected chi connectivity index (χ0v) is 11.2. The van der Waals surface area contributed by atoms with Gasteiger partial charge in [-0.25, -0.2) is 0 Å². The van der Waals surface area contributed by atoms with Crippen molar-refractivity contribution in [2.75, 3.05) is 7.11 Å².